The van der Waals surface area contributed by atoms with E-state index in [1.54, 1.807) is 18.0 Å². The summed E-state index contributed by atoms with van der Waals surface area (Å²) in [5.41, 5.74) is 1.58. The normalized spacial score (nSPS) is 9.77. The van der Waals surface area contributed by atoms with Gasteiger partial charge in [-0.1, -0.05) is 12.1 Å². The quantitative estimate of drug-likeness (QED) is 0.674. The standard InChI is InChI=1S/C11H14NO/c1-4-12(3)11(13)10-7-5-6-9(2)8-10/h5-8H,2,4H2,1,3H3. The fraction of sp³-hybridized carbons (Fsp3) is 0.273. The van der Waals surface area contributed by atoms with Crippen molar-refractivity contribution < 1.29 is 4.79 Å². The summed E-state index contributed by atoms with van der Waals surface area (Å²) in [7, 11) is 1.79. The van der Waals surface area contributed by atoms with Gasteiger partial charge in [-0.25, -0.2) is 0 Å². The molecular formula is C11H14NO. The Bertz CT molecular complexity index is 307. The number of carbonyl (C=O) groups is 1. The average molecular weight is 176 g/mol. The molecule has 0 bridgehead atoms. The van der Waals surface area contributed by atoms with Gasteiger partial charge in [0.15, 0.2) is 0 Å². The number of carbonyl (C=O) groups excluding carboxylic acids is 1. The van der Waals surface area contributed by atoms with Gasteiger partial charge in [0.05, 0.1) is 0 Å². The third-order valence-electron chi connectivity index (χ3n) is 1.99. The van der Waals surface area contributed by atoms with Gasteiger partial charge in [0.1, 0.15) is 0 Å². The van der Waals surface area contributed by atoms with Crippen molar-refractivity contribution in [2.75, 3.05) is 13.6 Å². The summed E-state index contributed by atoms with van der Waals surface area (Å²) in [5.74, 6) is 0.0491. The Labute approximate surface area is 79.2 Å². The Morgan fingerprint density at radius 3 is 2.77 bits per heavy atom. The third kappa shape index (κ3) is 2.31. The summed E-state index contributed by atoms with van der Waals surface area (Å²) in [6.45, 7) is 6.45. The summed E-state index contributed by atoms with van der Waals surface area (Å²) in [4.78, 5) is 13.3. The van der Waals surface area contributed by atoms with Crippen LogP contribution < -0.4 is 0 Å². The Morgan fingerprint density at radius 2 is 2.23 bits per heavy atom. The van der Waals surface area contributed by atoms with Gasteiger partial charge < -0.3 is 4.90 Å². The van der Waals surface area contributed by atoms with Crippen molar-refractivity contribution in [2.45, 2.75) is 6.92 Å². The van der Waals surface area contributed by atoms with E-state index in [1.165, 1.54) is 0 Å². The minimum absolute atomic E-state index is 0.0491. The first-order valence-electron chi connectivity index (χ1n) is 4.32. The Kier molecular flexibility index (Phi) is 3.07. The molecule has 0 saturated carbocycles. The van der Waals surface area contributed by atoms with E-state index in [9.17, 15) is 4.79 Å². The third-order valence-corrected chi connectivity index (χ3v) is 1.99. The number of rotatable bonds is 2. The molecule has 2 nitrogen and oxygen atoms in total. The molecule has 13 heavy (non-hydrogen) atoms. The molecule has 0 unspecified atom stereocenters. The molecule has 0 aliphatic carbocycles. The van der Waals surface area contributed by atoms with E-state index in [0.717, 1.165) is 12.1 Å². The van der Waals surface area contributed by atoms with E-state index in [2.05, 4.69) is 6.92 Å². The highest BCUT2D eigenvalue weighted by molar-refractivity contribution is 5.94. The van der Waals surface area contributed by atoms with Crippen LogP contribution in [0, 0.1) is 6.92 Å². The second-order valence-electron chi connectivity index (χ2n) is 3.02. The van der Waals surface area contributed by atoms with Crippen LogP contribution in [-0.2, 0) is 0 Å². The van der Waals surface area contributed by atoms with Gasteiger partial charge in [0, 0.05) is 19.2 Å². The van der Waals surface area contributed by atoms with Gasteiger partial charge in [-0.05, 0) is 31.5 Å². The van der Waals surface area contributed by atoms with Crippen LogP contribution in [0.1, 0.15) is 22.8 Å². The SMILES string of the molecule is [CH2]c1cccc(C(=O)N(C)CC)c1. The molecule has 1 radical (unpaired) electrons. The number of benzene rings is 1. The van der Waals surface area contributed by atoms with Crippen molar-refractivity contribution in [3.63, 3.8) is 0 Å². The fourth-order valence-electron chi connectivity index (χ4n) is 1.07. The lowest BCUT2D eigenvalue weighted by atomic mass is 10.1. The second-order valence-corrected chi connectivity index (χ2v) is 3.02. The number of hydrogen-bond acceptors (Lipinski definition) is 1. The fourth-order valence-corrected chi connectivity index (χ4v) is 1.07. The molecule has 0 aliphatic heterocycles. The highest BCUT2D eigenvalue weighted by Crippen LogP contribution is 2.06. The molecule has 0 aromatic heterocycles. The molecule has 0 fully saturated rings. The lowest BCUT2D eigenvalue weighted by Gasteiger charge is -2.14. The lowest BCUT2D eigenvalue weighted by Crippen LogP contribution is -2.26. The van der Waals surface area contributed by atoms with Gasteiger partial charge in [0.2, 0.25) is 0 Å². The first-order chi connectivity index (χ1) is 6.15. The molecule has 0 spiro atoms. The topological polar surface area (TPSA) is 20.3 Å². The van der Waals surface area contributed by atoms with Crippen molar-refractivity contribution in [1.29, 1.82) is 0 Å². The molecule has 0 saturated heterocycles. The van der Waals surface area contributed by atoms with Crippen molar-refractivity contribution in [3.8, 4) is 0 Å². The maximum absolute atomic E-state index is 11.6. The van der Waals surface area contributed by atoms with Gasteiger partial charge in [0.25, 0.3) is 5.91 Å². The minimum atomic E-state index is 0.0491. The maximum atomic E-state index is 11.6. The Morgan fingerprint density at radius 1 is 1.54 bits per heavy atom. The molecule has 0 aliphatic rings. The molecule has 1 amide bonds. The van der Waals surface area contributed by atoms with Crippen LogP contribution in [0.4, 0.5) is 0 Å². The zero-order valence-corrected chi connectivity index (χ0v) is 8.08. The zero-order valence-electron chi connectivity index (χ0n) is 8.08. The molecule has 69 valence electrons. The van der Waals surface area contributed by atoms with E-state index >= 15 is 0 Å². The predicted octanol–water partition coefficient (Wildman–Crippen LogP) is 1.96. The summed E-state index contributed by atoms with van der Waals surface area (Å²) >= 11 is 0. The van der Waals surface area contributed by atoms with Crippen LogP contribution in [0.5, 0.6) is 0 Å². The zero-order chi connectivity index (χ0) is 9.84. The number of amides is 1. The maximum Gasteiger partial charge on any atom is 0.253 e. The first kappa shape index (κ1) is 9.78. The van der Waals surface area contributed by atoms with E-state index in [4.69, 9.17) is 0 Å². The van der Waals surface area contributed by atoms with Gasteiger partial charge in [-0.3, -0.25) is 4.79 Å². The summed E-state index contributed by atoms with van der Waals surface area (Å²) in [6, 6.07) is 7.33. The average Bonchev–Trinajstić information content (AvgIpc) is 2.15. The van der Waals surface area contributed by atoms with Crippen molar-refractivity contribution in [3.05, 3.63) is 42.3 Å². The van der Waals surface area contributed by atoms with Crippen LogP contribution >= 0.6 is 0 Å². The van der Waals surface area contributed by atoms with E-state index < -0.39 is 0 Å². The highest BCUT2D eigenvalue weighted by Gasteiger charge is 2.08. The smallest absolute Gasteiger partial charge is 0.253 e. The van der Waals surface area contributed by atoms with Crippen molar-refractivity contribution >= 4 is 5.91 Å². The van der Waals surface area contributed by atoms with E-state index in [0.29, 0.717) is 5.56 Å². The van der Waals surface area contributed by atoms with Crippen LogP contribution in [0.3, 0.4) is 0 Å². The molecule has 0 N–H and O–H groups in total. The van der Waals surface area contributed by atoms with Crippen LogP contribution in [0.15, 0.2) is 24.3 Å². The van der Waals surface area contributed by atoms with Crippen LogP contribution in [0.25, 0.3) is 0 Å². The summed E-state index contributed by atoms with van der Waals surface area (Å²) < 4.78 is 0. The summed E-state index contributed by atoms with van der Waals surface area (Å²) in [6.07, 6.45) is 0. The Hall–Kier alpha value is -1.31. The minimum Gasteiger partial charge on any atom is -0.342 e. The predicted molar refractivity (Wildman–Crippen MR) is 53.5 cm³/mol. The Balaban J connectivity index is 2.89. The lowest BCUT2D eigenvalue weighted by molar-refractivity contribution is 0.0802. The largest absolute Gasteiger partial charge is 0.342 e. The molecule has 1 rings (SSSR count). The van der Waals surface area contributed by atoms with E-state index in [1.807, 2.05) is 25.1 Å². The van der Waals surface area contributed by atoms with Crippen LogP contribution in [0.2, 0.25) is 0 Å². The monoisotopic (exact) mass is 176 g/mol. The molecule has 0 heterocycles. The first-order valence-corrected chi connectivity index (χ1v) is 4.32. The van der Waals surface area contributed by atoms with Gasteiger partial charge in [-0.2, -0.15) is 0 Å². The van der Waals surface area contributed by atoms with Crippen LogP contribution in [-0.4, -0.2) is 24.4 Å². The highest BCUT2D eigenvalue weighted by atomic mass is 16.2. The molecule has 1 aromatic carbocycles. The molecular weight excluding hydrogens is 162 g/mol. The van der Waals surface area contributed by atoms with E-state index in [-0.39, 0.29) is 5.91 Å². The molecule has 0 atom stereocenters. The van der Waals surface area contributed by atoms with Crippen molar-refractivity contribution in [1.82, 2.24) is 4.90 Å². The molecule has 2 heteroatoms. The second kappa shape index (κ2) is 4.08. The number of nitrogens with zero attached hydrogens (tertiary/aromatic N) is 1. The van der Waals surface area contributed by atoms with Gasteiger partial charge >= 0.3 is 0 Å². The molecule has 1 aromatic rings. The summed E-state index contributed by atoms with van der Waals surface area (Å²) in [5, 5.41) is 0. The van der Waals surface area contributed by atoms with Gasteiger partial charge in [-0.15, -0.1) is 0 Å². The number of hydrogen-bond donors (Lipinski definition) is 0. The van der Waals surface area contributed by atoms with Crippen molar-refractivity contribution in [2.24, 2.45) is 0 Å².